The summed E-state index contributed by atoms with van der Waals surface area (Å²) in [5, 5.41) is 6.07. The second-order valence-corrected chi connectivity index (χ2v) is 3.26. The maximum Gasteiger partial charge on any atom is 0.276 e. The van der Waals surface area contributed by atoms with Gasteiger partial charge in [0.25, 0.3) is 11.9 Å². The van der Waals surface area contributed by atoms with Crippen molar-refractivity contribution >= 4 is 11.9 Å². The first-order chi connectivity index (χ1) is 7.66. The Hall–Kier alpha value is -2.24. The number of rotatable bonds is 2. The van der Waals surface area contributed by atoms with Crippen LogP contribution in [0.2, 0.25) is 0 Å². The highest BCUT2D eigenvalue weighted by molar-refractivity contribution is 6.02. The number of nitrogens with zero attached hydrogens (tertiary/aromatic N) is 3. The van der Waals surface area contributed by atoms with E-state index < -0.39 is 0 Å². The fourth-order valence-electron chi connectivity index (χ4n) is 1.23. The van der Waals surface area contributed by atoms with Gasteiger partial charge >= 0.3 is 0 Å². The Balaban J connectivity index is 2.18. The van der Waals surface area contributed by atoms with Crippen molar-refractivity contribution in [2.45, 2.75) is 13.8 Å². The summed E-state index contributed by atoms with van der Waals surface area (Å²) in [6.45, 7) is 3.46. The quantitative estimate of drug-likeness (QED) is 0.822. The van der Waals surface area contributed by atoms with Crippen LogP contribution in [0.5, 0.6) is 0 Å². The van der Waals surface area contributed by atoms with Crippen LogP contribution >= 0.6 is 0 Å². The largest absolute Gasteiger partial charge is 0.338 e. The molecule has 2 heterocycles. The lowest BCUT2D eigenvalue weighted by molar-refractivity contribution is 0.102. The third-order valence-electron chi connectivity index (χ3n) is 1.98. The van der Waals surface area contributed by atoms with E-state index in [1.807, 2.05) is 13.0 Å². The second kappa shape index (κ2) is 4.09. The maximum atomic E-state index is 11.7. The Labute approximate surface area is 91.7 Å². The minimum absolute atomic E-state index is 0.146. The van der Waals surface area contributed by atoms with Crippen molar-refractivity contribution in [2.75, 3.05) is 5.32 Å². The number of anilines is 1. The fraction of sp³-hybridized carbons (Fsp3) is 0.200. The van der Waals surface area contributed by atoms with Gasteiger partial charge < -0.3 is 4.52 Å². The Kier molecular flexibility index (Phi) is 2.63. The van der Waals surface area contributed by atoms with Crippen molar-refractivity contribution in [3.63, 3.8) is 0 Å². The van der Waals surface area contributed by atoms with Gasteiger partial charge in [-0.3, -0.25) is 15.1 Å². The van der Waals surface area contributed by atoms with Gasteiger partial charge in [-0.2, -0.15) is 4.98 Å². The molecule has 0 saturated heterocycles. The Morgan fingerprint density at radius 3 is 2.88 bits per heavy atom. The van der Waals surface area contributed by atoms with Crippen LogP contribution in [0.4, 0.5) is 5.95 Å². The Bertz CT molecular complexity index is 521. The number of aryl methyl sites for hydroxylation is 2. The molecule has 0 aromatic carbocycles. The number of hydrogen-bond donors (Lipinski definition) is 1. The summed E-state index contributed by atoms with van der Waals surface area (Å²) in [7, 11) is 0. The highest BCUT2D eigenvalue weighted by Gasteiger charge is 2.12. The molecule has 2 aromatic rings. The third-order valence-corrected chi connectivity index (χ3v) is 1.98. The van der Waals surface area contributed by atoms with Gasteiger partial charge in [-0.1, -0.05) is 6.07 Å². The molecule has 0 spiro atoms. The van der Waals surface area contributed by atoms with Gasteiger partial charge in [0.15, 0.2) is 0 Å². The molecule has 1 amide bonds. The lowest BCUT2D eigenvalue weighted by Crippen LogP contribution is -2.15. The van der Waals surface area contributed by atoms with Crippen molar-refractivity contribution < 1.29 is 9.32 Å². The van der Waals surface area contributed by atoms with Gasteiger partial charge in [-0.25, -0.2) is 0 Å². The van der Waals surface area contributed by atoms with Crippen LogP contribution in [-0.2, 0) is 0 Å². The van der Waals surface area contributed by atoms with Crippen LogP contribution in [0, 0.1) is 13.8 Å². The van der Waals surface area contributed by atoms with E-state index in [1.54, 1.807) is 19.2 Å². The molecule has 82 valence electrons. The summed E-state index contributed by atoms with van der Waals surface area (Å²) in [6.07, 6.45) is 1.56. The number of hydrogen-bond acceptors (Lipinski definition) is 5. The van der Waals surface area contributed by atoms with Crippen molar-refractivity contribution in [2.24, 2.45) is 0 Å². The van der Waals surface area contributed by atoms with Gasteiger partial charge in [0.05, 0.1) is 0 Å². The van der Waals surface area contributed by atoms with Gasteiger partial charge in [0.2, 0.25) is 5.89 Å². The summed E-state index contributed by atoms with van der Waals surface area (Å²) in [6, 6.07) is 3.58. The molecule has 0 radical (unpaired) electrons. The maximum absolute atomic E-state index is 11.7. The minimum Gasteiger partial charge on any atom is -0.338 e. The van der Waals surface area contributed by atoms with E-state index in [9.17, 15) is 4.79 Å². The molecule has 1 N–H and O–H groups in total. The lowest BCUT2D eigenvalue weighted by atomic mass is 10.2. The van der Waals surface area contributed by atoms with Crippen molar-refractivity contribution in [1.29, 1.82) is 0 Å². The van der Waals surface area contributed by atoms with Gasteiger partial charge in [-0.15, -0.1) is 0 Å². The van der Waals surface area contributed by atoms with Crippen molar-refractivity contribution in [1.82, 2.24) is 15.1 Å². The van der Waals surface area contributed by atoms with E-state index in [0.29, 0.717) is 11.6 Å². The van der Waals surface area contributed by atoms with Crippen LogP contribution in [0.15, 0.2) is 22.9 Å². The van der Waals surface area contributed by atoms with E-state index in [1.165, 1.54) is 0 Å². The molecule has 0 aliphatic heterocycles. The second-order valence-electron chi connectivity index (χ2n) is 3.26. The molecule has 0 aliphatic rings. The number of aromatic nitrogens is 3. The molecule has 0 saturated carbocycles. The standard InChI is InChI=1S/C10H10N4O2/c1-6-4-3-5-11-8(6)9(15)13-10-12-7(2)16-14-10/h3-5H,1-2H3,(H,13,14,15). The molecule has 0 bridgehead atoms. The first-order valence-corrected chi connectivity index (χ1v) is 4.70. The SMILES string of the molecule is Cc1nc(NC(=O)c2ncccc2C)no1. The van der Waals surface area contributed by atoms with Gasteiger partial charge in [0, 0.05) is 13.1 Å². The predicted molar refractivity (Wildman–Crippen MR) is 56.0 cm³/mol. The predicted octanol–water partition coefficient (Wildman–Crippen LogP) is 1.33. The topological polar surface area (TPSA) is 80.9 Å². The Morgan fingerprint density at radius 2 is 2.25 bits per heavy atom. The number of carbonyl (C=O) groups is 1. The third kappa shape index (κ3) is 2.05. The van der Waals surface area contributed by atoms with Gasteiger partial charge in [-0.05, 0) is 23.7 Å². The smallest absolute Gasteiger partial charge is 0.276 e. The molecular weight excluding hydrogens is 208 g/mol. The minimum atomic E-state index is -0.348. The molecule has 6 heteroatoms. The van der Waals surface area contributed by atoms with Crippen LogP contribution in [0.3, 0.4) is 0 Å². The van der Waals surface area contributed by atoms with Crippen LogP contribution in [-0.4, -0.2) is 21.0 Å². The van der Waals surface area contributed by atoms with E-state index >= 15 is 0 Å². The average Bonchev–Trinajstić information content (AvgIpc) is 2.64. The van der Waals surface area contributed by atoms with E-state index in [-0.39, 0.29) is 11.9 Å². The first kappa shape index (κ1) is 10.3. The van der Waals surface area contributed by atoms with E-state index in [4.69, 9.17) is 4.52 Å². The number of nitrogens with one attached hydrogen (secondary N) is 1. The summed E-state index contributed by atoms with van der Waals surface area (Å²) in [5.74, 6) is 0.194. The summed E-state index contributed by atoms with van der Waals surface area (Å²) < 4.78 is 4.74. The number of pyridine rings is 1. The number of amides is 1. The molecule has 0 aliphatic carbocycles. The lowest BCUT2D eigenvalue weighted by Gasteiger charge is -2.02. The molecule has 6 nitrogen and oxygen atoms in total. The molecular formula is C10H10N4O2. The summed E-state index contributed by atoms with van der Waals surface area (Å²) >= 11 is 0. The summed E-state index contributed by atoms with van der Waals surface area (Å²) in [5.41, 5.74) is 1.14. The molecule has 0 atom stereocenters. The molecule has 0 unspecified atom stereocenters. The monoisotopic (exact) mass is 218 g/mol. The normalized spacial score (nSPS) is 10.1. The van der Waals surface area contributed by atoms with E-state index in [0.717, 1.165) is 5.56 Å². The highest BCUT2D eigenvalue weighted by Crippen LogP contribution is 2.07. The molecule has 0 fully saturated rings. The van der Waals surface area contributed by atoms with Crippen molar-refractivity contribution in [3.8, 4) is 0 Å². The highest BCUT2D eigenvalue weighted by atomic mass is 16.5. The molecule has 16 heavy (non-hydrogen) atoms. The van der Waals surface area contributed by atoms with E-state index in [2.05, 4.69) is 20.4 Å². The fourth-order valence-corrected chi connectivity index (χ4v) is 1.23. The van der Waals surface area contributed by atoms with Crippen LogP contribution < -0.4 is 5.32 Å². The molecule has 2 rings (SSSR count). The first-order valence-electron chi connectivity index (χ1n) is 4.70. The Morgan fingerprint density at radius 1 is 1.44 bits per heavy atom. The zero-order valence-corrected chi connectivity index (χ0v) is 8.89. The van der Waals surface area contributed by atoms with Crippen molar-refractivity contribution in [3.05, 3.63) is 35.5 Å². The number of carbonyl (C=O) groups excluding carboxylic acids is 1. The summed E-state index contributed by atoms with van der Waals surface area (Å²) in [4.78, 5) is 19.6. The van der Waals surface area contributed by atoms with Gasteiger partial charge in [0.1, 0.15) is 5.69 Å². The zero-order valence-electron chi connectivity index (χ0n) is 8.89. The van der Waals surface area contributed by atoms with Crippen LogP contribution in [0.25, 0.3) is 0 Å². The zero-order chi connectivity index (χ0) is 11.5. The average molecular weight is 218 g/mol. The molecule has 2 aromatic heterocycles. The van der Waals surface area contributed by atoms with Crippen LogP contribution in [0.1, 0.15) is 21.9 Å².